The quantitative estimate of drug-likeness (QED) is 0.787. The van der Waals surface area contributed by atoms with Crippen molar-refractivity contribution in [3.05, 3.63) is 29.8 Å². The van der Waals surface area contributed by atoms with E-state index in [0.717, 1.165) is 10.5 Å². The Labute approximate surface area is 94.1 Å². The van der Waals surface area contributed by atoms with Gasteiger partial charge in [0.1, 0.15) is 0 Å². The normalized spacial score (nSPS) is 10.1. The SMILES string of the molecule is CN(C)C(=O)CSc1cccc(CO)c1. The Balaban J connectivity index is 2.54. The summed E-state index contributed by atoms with van der Waals surface area (Å²) in [5.74, 6) is 0.524. The molecule has 1 aromatic rings. The summed E-state index contributed by atoms with van der Waals surface area (Å²) >= 11 is 1.48. The van der Waals surface area contributed by atoms with Crippen LogP contribution < -0.4 is 0 Å². The molecule has 1 rings (SSSR count). The molecule has 0 saturated carbocycles. The summed E-state index contributed by atoms with van der Waals surface area (Å²) in [5.41, 5.74) is 0.873. The van der Waals surface area contributed by atoms with E-state index in [4.69, 9.17) is 5.11 Å². The molecular weight excluding hydrogens is 210 g/mol. The van der Waals surface area contributed by atoms with Crippen molar-refractivity contribution < 1.29 is 9.90 Å². The Hall–Kier alpha value is -1.00. The summed E-state index contributed by atoms with van der Waals surface area (Å²) in [6.45, 7) is 0.0377. The average molecular weight is 225 g/mol. The first-order valence-corrected chi connectivity index (χ1v) is 5.65. The molecule has 0 bridgehead atoms. The predicted molar refractivity (Wildman–Crippen MR) is 61.8 cm³/mol. The van der Waals surface area contributed by atoms with Gasteiger partial charge in [0.15, 0.2) is 0 Å². The number of nitrogens with zero attached hydrogens (tertiary/aromatic N) is 1. The first-order valence-electron chi connectivity index (χ1n) is 4.66. The van der Waals surface area contributed by atoms with Gasteiger partial charge in [0.25, 0.3) is 0 Å². The summed E-state index contributed by atoms with van der Waals surface area (Å²) in [4.78, 5) is 13.9. The minimum absolute atomic E-state index is 0.0377. The second kappa shape index (κ2) is 5.78. The smallest absolute Gasteiger partial charge is 0.232 e. The first kappa shape index (κ1) is 12.1. The van der Waals surface area contributed by atoms with Crippen LogP contribution in [0.15, 0.2) is 29.2 Å². The first-order chi connectivity index (χ1) is 7.13. The van der Waals surface area contributed by atoms with E-state index in [-0.39, 0.29) is 12.5 Å². The van der Waals surface area contributed by atoms with E-state index in [1.165, 1.54) is 11.8 Å². The predicted octanol–water partition coefficient (Wildman–Crippen LogP) is 1.36. The standard InChI is InChI=1S/C11H15NO2S/c1-12(2)11(14)8-15-10-5-3-4-9(6-10)7-13/h3-6,13H,7-8H2,1-2H3. The monoisotopic (exact) mass is 225 g/mol. The summed E-state index contributed by atoms with van der Waals surface area (Å²) in [5, 5.41) is 8.94. The average Bonchev–Trinajstić information content (AvgIpc) is 2.26. The molecule has 0 unspecified atom stereocenters. The summed E-state index contributed by atoms with van der Waals surface area (Å²) in [7, 11) is 3.49. The zero-order chi connectivity index (χ0) is 11.3. The van der Waals surface area contributed by atoms with E-state index in [0.29, 0.717) is 5.75 Å². The van der Waals surface area contributed by atoms with Gasteiger partial charge in [-0.2, -0.15) is 0 Å². The van der Waals surface area contributed by atoms with Crippen molar-refractivity contribution in [3.8, 4) is 0 Å². The number of hydrogen-bond donors (Lipinski definition) is 1. The van der Waals surface area contributed by atoms with Crippen LogP contribution in [0, 0.1) is 0 Å². The third-order valence-electron chi connectivity index (χ3n) is 1.94. The summed E-state index contributed by atoms with van der Waals surface area (Å²) < 4.78 is 0. The van der Waals surface area contributed by atoms with Gasteiger partial charge < -0.3 is 10.0 Å². The molecule has 0 aliphatic heterocycles. The van der Waals surface area contributed by atoms with Crippen LogP contribution in [0.3, 0.4) is 0 Å². The van der Waals surface area contributed by atoms with Crippen molar-refractivity contribution in [2.75, 3.05) is 19.8 Å². The number of carbonyl (C=O) groups is 1. The number of benzene rings is 1. The van der Waals surface area contributed by atoms with Crippen LogP contribution in [-0.2, 0) is 11.4 Å². The highest BCUT2D eigenvalue weighted by Crippen LogP contribution is 2.19. The Morgan fingerprint density at radius 1 is 1.47 bits per heavy atom. The van der Waals surface area contributed by atoms with E-state index in [2.05, 4.69) is 0 Å². The molecular formula is C11H15NO2S. The van der Waals surface area contributed by atoms with Crippen molar-refractivity contribution in [2.24, 2.45) is 0 Å². The Kier molecular flexibility index (Phi) is 4.65. The number of aliphatic hydroxyl groups is 1. The van der Waals surface area contributed by atoms with Gasteiger partial charge in [-0.1, -0.05) is 12.1 Å². The highest BCUT2D eigenvalue weighted by Gasteiger charge is 2.04. The summed E-state index contributed by atoms with van der Waals surface area (Å²) in [6.07, 6.45) is 0. The molecule has 1 amide bonds. The lowest BCUT2D eigenvalue weighted by molar-refractivity contribution is -0.125. The number of hydrogen-bond acceptors (Lipinski definition) is 3. The third kappa shape index (κ3) is 3.93. The Bertz CT molecular complexity index is 339. The maximum Gasteiger partial charge on any atom is 0.232 e. The fourth-order valence-electron chi connectivity index (χ4n) is 1.01. The van der Waals surface area contributed by atoms with Crippen molar-refractivity contribution in [2.45, 2.75) is 11.5 Å². The van der Waals surface area contributed by atoms with Crippen LogP contribution >= 0.6 is 11.8 Å². The van der Waals surface area contributed by atoms with Crippen molar-refractivity contribution >= 4 is 17.7 Å². The van der Waals surface area contributed by atoms with Crippen molar-refractivity contribution in [3.63, 3.8) is 0 Å². The zero-order valence-electron chi connectivity index (χ0n) is 8.93. The molecule has 0 spiro atoms. The maximum atomic E-state index is 11.3. The van der Waals surface area contributed by atoms with Gasteiger partial charge in [-0.25, -0.2) is 0 Å². The van der Waals surface area contributed by atoms with Gasteiger partial charge in [-0.3, -0.25) is 4.79 Å². The van der Waals surface area contributed by atoms with Crippen LogP contribution in [-0.4, -0.2) is 35.8 Å². The molecule has 0 radical (unpaired) electrons. The van der Waals surface area contributed by atoms with Crippen molar-refractivity contribution in [1.29, 1.82) is 0 Å². The number of carbonyl (C=O) groups excluding carboxylic acids is 1. The molecule has 82 valence electrons. The molecule has 0 aromatic heterocycles. The van der Waals surface area contributed by atoms with Crippen LogP contribution in [0.2, 0.25) is 0 Å². The number of aliphatic hydroxyl groups excluding tert-OH is 1. The van der Waals surface area contributed by atoms with Crippen molar-refractivity contribution in [1.82, 2.24) is 4.90 Å². The molecule has 3 nitrogen and oxygen atoms in total. The van der Waals surface area contributed by atoms with E-state index >= 15 is 0 Å². The van der Waals surface area contributed by atoms with Gasteiger partial charge in [-0.15, -0.1) is 11.8 Å². The number of amides is 1. The van der Waals surface area contributed by atoms with E-state index < -0.39 is 0 Å². The molecule has 1 aromatic carbocycles. The van der Waals surface area contributed by atoms with Gasteiger partial charge in [0, 0.05) is 19.0 Å². The molecule has 15 heavy (non-hydrogen) atoms. The lowest BCUT2D eigenvalue weighted by Crippen LogP contribution is -2.23. The molecule has 0 saturated heterocycles. The van der Waals surface area contributed by atoms with Gasteiger partial charge in [-0.05, 0) is 17.7 Å². The lowest BCUT2D eigenvalue weighted by Gasteiger charge is -2.09. The lowest BCUT2D eigenvalue weighted by atomic mass is 10.2. The molecule has 0 fully saturated rings. The molecule has 0 heterocycles. The molecule has 0 aliphatic rings. The molecule has 0 aliphatic carbocycles. The molecule has 4 heteroatoms. The van der Waals surface area contributed by atoms with Crippen LogP contribution in [0.4, 0.5) is 0 Å². The second-order valence-corrected chi connectivity index (χ2v) is 4.43. The minimum atomic E-state index is 0.0377. The number of rotatable bonds is 4. The van der Waals surface area contributed by atoms with Crippen LogP contribution in [0.25, 0.3) is 0 Å². The highest BCUT2D eigenvalue weighted by molar-refractivity contribution is 8.00. The minimum Gasteiger partial charge on any atom is -0.392 e. The topological polar surface area (TPSA) is 40.5 Å². The second-order valence-electron chi connectivity index (χ2n) is 3.38. The van der Waals surface area contributed by atoms with Gasteiger partial charge in [0.05, 0.1) is 12.4 Å². The Morgan fingerprint density at radius 3 is 2.80 bits per heavy atom. The Morgan fingerprint density at radius 2 is 2.20 bits per heavy atom. The highest BCUT2D eigenvalue weighted by atomic mass is 32.2. The van der Waals surface area contributed by atoms with Crippen LogP contribution in [0.5, 0.6) is 0 Å². The van der Waals surface area contributed by atoms with E-state index in [1.807, 2.05) is 24.3 Å². The van der Waals surface area contributed by atoms with E-state index in [9.17, 15) is 4.79 Å². The number of thioether (sulfide) groups is 1. The van der Waals surface area contributed by atoms with Gasteiger partial charge >= 0.3 is 0 Å². The molecule has 0 atom stereocenters. The fourth-order valence-corrected chi connectivity index (χ4v) is 1.97. The van der Waals surface area contributed by atoms with Crippen LogP contribution in [0.1, 0.15) is 5.56 Å². The third-order valence-corrected chi connectivity index (χ3v) is 2.92. The maximum absolute atomic E-state index is 11.3. The largest absolute Gasteiger partial charge is 0.392 e. The summed E-state index contributed by atoms with van der Waals surface area (Å²) in [6, 6.07) is 7.58. The zero-order valence-corrected chi connectivity index (χ0v) is 9.75. The van der Waals surface area contributed by atoms with E-state index in [1.54, 1.807) is 19.0 Å². The molecule has 1 N–H and O–H groups in total. The fraction of sp³-hybridized carbons (Fsp3) is 0.364. The van der Waals surface area contributed by atoms with Gasteiger partial charge in [0.2, 0.25) is 5.91 Å².